The lowest BCUT2D eigenvalue weighted by atomic mass is 10.2. The molecule has 0 radical (unpaired) electrons. The largest absolute Gasteiger partial charge is 0.333 e. The van der Waals surface area contributed by atoms with Crippen molar-refractivity contribution in [3.8, 4) is 0 Å². The van der Waals surface area contributed by atoms with Gasteiger partial charge in [-0.05, 0) is 27.7 Å². The number of nitrogens with zero attached hydrogens (tertiary/aromatic N) is 5. The number of aromatic nitrogens is 5. The maximum absolute atomic E-state index is 12.9. The summed E-state index contributed by atoms with van der Waals surface area (Å²) in [6.07, 6.45) is 0. The van der Waals surface area contributed by atoms with Gasteiger partial charge in [-0.2, -0.15) is 4.98 Å². The molecule has 0 fully saturated rings. The van der Waals surface area contributed by atoms with E-state index < -0.39 is 17.3 Å². The molecule has 23 heavy (non-hydrogen) atoms. The topological polar surface area (TPSA) is 83.3 Å². The molecule has 122 valence electrons. The van der Waals surface area contributed by atoms with E-state index in [0.717, 1.165) is 16.0 Å². The van der Waals surface area contributed by atoms with Crippen LogP contribution in [0.2, 0.25) is 0 Å². The average Bonchev–Trinajstić information content (AvgIpc) is 2.98. The Bertz CT molecular complexity index is 1090. The highest BCUT2D eigenvalue weighted by Crippen LogP contribution is 2.19. The van der Waals surface area contributed by atoms with E-state index in [-0.39, 0.29) is 5.78 Å². The van der Waals surface area contributed by atoms with E-state index in [1.165, 1.54) is 11.5 Å². The summed E-state index contributed by atoms with van der Waals surface area (Å²) in [6.45, 7) is 6.75. The van der Waals surface area contributed by atoms with E-state index in [4.69, 9.17) is 0 Å². The zero-order valence-corrected chi connectivity index (χ0v) is 14.0. The van der Waals surface area contributed by atoms with Crippen molar-refractivity contribution in [2.75, 3.05) is 0 Å². The number of carbonyl (C=O) groups is 1. The summed E-state index contributed by atoms with van der Waals surface area (Å²) in [7, 11) is 3.42. The predicted molar refractivity (Wildman–Crippen MR) is 86.0 cm³/mol. The standard InChI is InChI=1S/C15H19N5O3/c1-7-8(2)19-11-12(16-14(19)17(7)5)18(6)15(23)20(13(11)22)9(3)10(4)21/h9H,1-6H3. The molecule has 3 aromatic rings. The monoisotopic (exact) mass is 317 g/mol. The van der Waals surface area contributed by atoms with Crippen molar-refractivity contribution in [3.05, 3.63) is 32.2 Å². The molecule has 0 aliphatic carbocycles. The lowest BCUT2D eigenvalue weighted by molar-refractivity contribution is -0.119. The van der Waals surface area contributed by atoms with Crippen LogP contribution in [0.4, 0.5) is 0 Å². The minimum Gasteiger partial charge on any atom is -0.317 e. The minimum atomic E-state index is -0.818. The second-order valence-corrected chi connectivity index (χ2v) is 5.95. The predicted octanol–water partition coefficient (Wildman–Crippen LogP) is 0.453. The molecule has 8 nitrogen and oxygen atoms in total. The fourth-order valence-corrected chi connectivity index (χ4v) is 2.90. The van der Waals surface area contributed by atoms with Crippen molar-refractivity contribution >= 4 is 22.7 Å². The first-order chi connectivity index (χ1) is 10.7. The Balaban J connectivity index is 2.63. The highest BCUT2D eigenvalue weighted by Gasteiger charge is 2.24. The first kappa shape index (κ1) is 15.3. The number of rotatable bonds is 2. The van der Waals surface area contributed by atoms with Gasteiger partial charge in [-0.1, -0.05) is 0 Å². The van der Waals surface area contributed by atoms with Gasteiger partial charge in [0.15, 0.2) is 16.9 Å². The Morgan fingerprint density at radius 3 is 2.26 bits per heavy atom. The van der Waals surface area contributed by atoms with E-state index in [2.05, 4.69) is 4.98 Å². The van der Waals surface area contributed by atoms with Crippen molar-refractivity contribution in [1.29, 1.82) is 0 Å². The number of imidazole rings is 2. The summed E-state index contributed by atoms with van der Waals surface area (Å²) < 4.78 is 5.94. The second-order valence-electron chi connectivity index (χ2n) is 5.95. The van der Waals surface area contributed by atoms with Crippen LogP contribution in [-0.2, 0) is 18.9 Å². The van der Waals surface area contributed by atoms with Crippen molar-refractivity contribution in [2.24, 2.45) is 14.1 Å². The Morgan fingerprint density at radius 2 is 1.70 bits per heavy atom. The quantitative estimate of drug-likeness (QED) is 0.687. The third-order valence-corrected chi connectivity index (χ3v) is 4.71. The van der Waals surface area contributed by atoms with Crippen molar-refractivity contribution in [1.82, 2.24) is 23.1 Å². The molecule has 0 N–H and O–H groups in total. The number of aryl methyl sites for hydroxylation is 3. The molecule has 8 heteroatoms. The summed E-state index contributed by atoms with van der Waals surface area (Å²) in [5.74, 6) is 0.348. The third kappa shape index (κ3) is 1.77. The first-order valence-corrected chi connectivity index (χ1v) is 7.34. The summed E-state index contributed by atoms with van der Waals surface area (Å²) in [6, 6.07) is -0.818. The van der Waals surface area contributed by atoms with Crippen LogP contribution in [0, 0.1) is 13.8 Å². The number of fused-ring (bicyclic) bond motifs is 3. The molecule has 0 aliphatic heterocycles. The molecule has 0 aromatic carbocycles. The fourth-order valence-electron chi connectivity index (χ4n) is 2.90. The molecule has 3 aromatic heterocycles. The third-order valence-electron chi connectivity index (χ3n) is 4.71. The molecular weight excluding hydrogens is 298 g/mol. The van der Waals surface area contributed by atoms with Crippen LogP contribution in [-0.4, -0.2) is 28.9 Å². The van der Waals surface area contributed by atoms with E-state index >= 15 is 0 Å². The molecule has 1 unspecified atom stereocenters. The Hall–Kier alpha value is -2.64. The van der Waals surface area contributed by atoms with Crippen molar-refractivity contribution < 1.29 is 4.79 Å². The van der Waals surface area contributed by atoms with Crippen LogP contribution < -0.4 is 11.2 Å². The molecule has 0 saturated heterocycles. The maximum Gasteiger partial charge on any atom is 0.333 e. The Morgan fingerprint density at radius 1 is 1.09 bits per heavy atom. The molecule has 0 saturated carbocycles. The number of Topliss-reactive ketones (excluding diaryl/α,β-unsaturated/α-hetero) is 1. The zero-order chi connectivity index (χ0) is 17.2. The number of ketones is 1. The fraction of sp³-hybridized carbons (Fsp3) is 0.467. The van der Waals surface area contributed by atoms with E-state index in [0.29, 0.717) is 16.9 Å². The van der Waals surface area contributed by atoms with Gasteiger partial charge >= 0.3 is 5.69 Å². The average molecular weight is 317 g/mol. The van der Waals surface area contributed by atoms with Crippen LogP contribution in [0.15, 0.2) is 9.59 Å². The maximum atomic E-state index is 12.9. The molecule has 0 bridgehead atoms. The van der Waals surface area contributed by atoms with Crippen molar-refractivity contribution in [3.63, 3.8) is 0 Å². The second kappa shape index (κ2) is 4.68. The van der Waals surface area contributed by atoms with Gasteiger partial charge in [-0.3, -0.25) is 18.6 Å². The molecule has 0 amide bonds. The molecule has 3 rings (SSSR count). The van der Waals surface area contributed by atoms with E-state index in [1.807, 2.05) is 25.5 Å². The highest BCUT2D eigenvalue weighted by molar-refractivity contribution is 5.81. The summed E-state index contributed by atoms with van der Waals surface area (Å²) >= 11 is 0. The van der Waals surface area contributed by atoms with E-state index in [1.54, 1.807) is 18.4 Å². The smallest absolute Gasteiger partial charge is 0.317 e. The summed E-state index contributed by atoms with van der Waals surface area (Å²) in [4.78, 5) is 41.6. The molecule has 1 atom stereocenters. The van der Waals surface area contributed by atoms with Gasteiger partial charge < -0.3 is 4.57 Å². The zero-order valence-electron chi connectivity index (χ0n) is 14.0. The molecule has 0 spiro atoms. The number of hydrogen-bond acceptors (Lipinski definition) is 4. The van der Waals surface area contributed by atoms with Crippen LogP contribution >= 0.6 is 0 Å². The summed E-state index contributed by atoms with van der Waals surface area (Å²) in [5, 5.41) is 0. The lowest BCUT2D eigenvalue weighted by Gasteiger charge is -2.12. The molecule has 0 aliphatic rings. The van der Waals surface area contributed by atoms with Gasteiger partial charge in [0.1, 0.15) is 0 Å². The summed E-state index contributed by atoms with van der Waals surface area (Å²) in [5.41, 5.74) is 1.46. The van der Waals surface area contributed by atoms with Crippen LogP contribution in [0.25, 0.3) is 16.9 Å². The van der Waals surface area contributed by atoms with Gasteiger partial charge in [-0.25, -0.2) is 9.36 Å². The molecule has 3 heterocycles. The number of hydrogen-bond donors (Lipinski definition) is 0. The van der Waals surface area contributed by atoms with Gasteiger partial charge in [-0.15, -0.1) is 0 Å². The van der Waals surface area contributed by atoms with Gasteiger partial charge in [0.05, 0.1) is 6.04 Å². The Kier molecular flexibility index (Phi) is 3.10. The van der Waals surface area contributed by atoms with Gasteiger partial charge in [0.2, 0.25) is 5.78 Å². The minimum absolute atomic E-state index is 0.245. The van der Waals surface area contributed by atoms with Crippen LogP contribution in [0.1, 0.15) is 31.3 Å². The van der Waals surface area contributed by atoms with Crippen molar-refractivity contribution in [2.45, 2.75) is 33.7 Å². The molecular formula is C15H19N5O3. The van der Waals surface area contributed by atoms with Gasteiger partial charge in [0.25, 0.3) is 5.56 Å². The normalized spacial score (nSPS) is 13.1. The van der Waals surface area contributed by atoms with E-state index in [9.17, 15) is 14.4 Å². The van der Waals surface area contributed by atoms with Crippen LogP contribution in [0.5, 0.6) is 0 Å². The highest BCUT2D eigenvalue weighted by atomic mass is 16.2. The SMILES string of the molecule is CC(=O)C(C)n1c(=O)c2c(nc3n(C)c(C)c(C)n23)n(C)c1=O. The lowest BCUT2D eigenvalue weighted by Crippen LogP contribution is -2.42. The van der Waals surface area contributed by atoms with Gasteiger partial charge in [0, 0.05) is 25.5 Å². The first-order valence-electron chi connectivity index (χ1n) is 7.34. The Labute approximate surface area is 131 Å². The number of carbonyl (C=O) groups excluding carboxylic acids is 1. The van der Waals surface area contributed by atoms with Crippen LogP contribution in [0.3, 0.4) is 0 Å².